The van der Waals surface area contributed by atoms with Gasteiger partial charge in [-0.3, -0.25) is 4.90 Å². The molecule has 0 spiro atoms. The average molecular weight is 206 g/mol. The predicted octanol–water partition coefficient (Wildman–Crippen LogP) is 2.38. The molecule has 1 aromatic carbocycles. The van der Waals surface area contributed by atoms with Gasteiger partial charge in [0.05, 0.1) is 0 Å². The van der Waals surface area contributed by atoms with Crippen LogP contribution in [0.1, 0.15) is 31.4 Å². The van der Waals surface area contributed by atoms with E-state index in [2.05, 4.69) is 43.0 Å². The van der Waals surface area contributed by atoms with Crippen molar-refractivity contribution >= 4 is 0 Å². The second-order valence-corrected chi connectivity index (χ2v) is 3.89. The molecule has 0 amide bonds. The van der Waals surface area contributed by atoms with E-state index in [-0.39, 0.29) is 0 Å². The summed E-state index contributed by atoms with van der Waals surface area (Å²) in [6, 6.07) is 8.56. The molecule has 2 heteroatoms. The summed E-state index contributed by atoms with van der Waals surface area (Å²) >= 11 is 0. The molecule has 15 heavy (non-hydrogen) atoms. The van der Waals surface area contributed by atoms with Gasteiger partial charge >= 0.3 is 0 Å². The Bertz CT molecular complexity index is 284. The molecule has 0 aliphatic rings. The maximum absolute atomic E-state index is 5.63. The van der Waals surface area contributed by atoms with E-state index in [1.54, 1.807) is 0 Å². The lowest BCUT2D eigenvalue weighted by atomic mass is 10.1. The quantitative estimate of drug-likeness (QED) is 0.774. The summed E-state index contributed by atoms with van der Waals surface area (Å²) in [7, 11) is 0. The maximum Gasteiger partial charge on any atom is 0.0233 e. The molecule has 0 aliphatic heterocycles. The highest BCUT2D eigenvalue weighted by Crippen LogP contribution is 2.08. The van der Waals surface area contributed by atoms with Gasteiger partial charge in [-0.25, -0.2) is 0 Å². The van der Waals surface area contributed by atoms with Gasteiger partial charge < -0.3 is 5.73 Å². The zero-order valence-corrected chi connectivity index (χ0v) is 9.87. The molecular formula is C13H22N2. The van der Waals surface area contributed by atoms with Crippen molar-refractivity contribution in [1.29, 1.82) is 0 Å². The van der Waals surface area contributed by atoms with Crippen molar-refractivity contribution in [3.8, 4) is 0 Å². The first-order valence-electron chi connectivity index (χ1n) is 5.80. The molecule has 0 unspecified atom stereocenters. The Kier molecular flexibility index (Phi) is 5.37. The van der Waals surface area contributed by atoms with Crippen LogP contribution < -0.4 is 5.73 Å². The highest BCUT2D eigenvalue weighted by molar-refractivity contribution is 5.23. The molecule has 1 rings (SSSR count). The van der Waals surface area contributed by atoms with Gasteiger partial charge in [-0.15, -0.1) is 0 Å². The van der Waals surface area contributed by atoms with Gasteiger partial charge in [0.25, 0.3) is 0 Å². The number of rotatable bonds is 6. The van der Waals surface area contributed by atoms with Gasteiger partial charge in [-0.1, -0.05) is 38.1 Å². The minimum Gasteiger partial charge on any atom is -0.326 e. The largest absolute Gasteiger partial charge is 0.326 e. The lowest BCUT2D eigenvalue weighted by molar-refractivity contribution is 0.280. The summed E-state index contributed by atoms with van der Waals surface area (Å²) in [5.74, 6) is 0. The summed E-state index contributed by atoms with van der Waals surface area (Å²) in [5, 5.41) is 0. The molecular weight excluding hydrogens is 184 g/mol. The monoisotopic (exact) mass is 206 g/mol. The lowest BCUT2D eigenvalue weighted by Gasteiger charge is -2.19. The van der Waals surface area contributed by atoms with Gasteiger partial charge in [-0.05, 0) is 30.6 Å². The van der Waals surface area contributed by atoms with E-state index < -0.39 is 0 Å². The summed E-state index contributed by atoms with van der Waals surface area (Å²) in [6.07, 6.45) is 1.21. The summed E-state index contributed by atoms with van der Waals surface area (Å²) < 4.78 is 0. The third-order valence-corrected chi connectivity index (χ3v) is 2.62. The van der Waals surface area contributed by atoms with Gasteiger partial charge in [-0.2, -0.15) is 0 Å². The molecule has 0 saturated heterocycles. The highest BCUT2D eigenvalue weighted by Gasteiger charge is 2.02. The first-order chi connectivity index (χ1) is 7.30. The van der Waals surface area contributed by atoms with E-state index in [0.717, 1.165) is 13.1 Å². The number of nitrogens with two attached hydrogens (primary N) is 1. The summed E-state index contributed by atoms with van der Waals surface area (Å²) in [6.45, 7) is 8.39. The topological polar surface area (TPSA) is 29.3 Å². The van der Waals surface area contributed by atoms with Crippen LogP contribution in [0, 0.1) is 0 Å². The van der Waals surface area contributed by atoms with Crippen LogP contribution in [0.3, 0.4) is 0 Å². The average Bonchev–Trinajstić information content (AvgIpc) is 2.29. The molecule has 0 aliphatic carbocycles. The van der Waals surface area contributed by atoms with Crippen LogP contribution in [0.5, 0.6) is 0 Å². The van der Waals surface area contributed by atoms with E-state index in [1.165, 1.54) is 24.1 Å². The van der Waals surface area contributed by atoms with Crippen LogP contribution in [0.2, 0.25) is 0 Å². The molecule has 0 aromatic heterocycles. The van der Waals surface area contributed by atoms with Crippen molar-refractivity contribution in [2.75, 3.05) is 13.1 Å². The zero-order chi connectivity index (χ0) is 11.1. The van der Waals surface area contributed by atoms with Gasteiger partial charge in [0.2, 0.25) is 0 Å². The van der Waals surface area contributed by atoms with Gasteiger partial charge in [0.1, 0.15) is 0 Å². The number of nitrogens with zero attached hydrogens (tertiary/aromatic N) is 1. The van der Waals surface area contributed by atoms with E-state index in [0.29, 0.717) is 6.54 Å². The molecule has 0 bridgehead atoms. The van der Waals surface area contributed by atoms with Crippen molar-refractivity contribution in [1.82, 2.24) is 4.90 Å². The highest BCUT2D eigenvalue weighted by atomic mass is 15.1. The van der Waals surface area contributed by atoms with Crippen LogP contribution in [0.15, 0.2) is 24.3 Å². The van der Waals surface area contributed by atoms with Crippen LogP contribution in [0.25, 0.3) is 0 Å². The normalized spacial score (nSPS) is 10.9. The minimum absolute atomic E-state index is 0.633. The fourth-order valence-electron chi connectivity index (χ4n) is 1.78. The second-order valence-electron chi connectivity index (χ2n) is 3.89. The number of hydrogen-bond acceptors (Lipinski definition) is 2. The summed E-state index contributed by atoms with van der Waals surface area (Å²) in [4.78, 5) is 2.45. The molecule has 0 heterocycles. The van der Waals surface area contributed by atoms with E-state index in [9.17, 15) is 0 Å². The van der Waals surface area contributed by atoms with E-state index in [1.807, 2.05) is 0 Å². The predicted molar refractivity (Wildman–Crippen MR) is 65.6 cm³/mol. The smallest absolute Gasteiger partial charge is 0.0233 e. The zero-order valence-electron chi connectivity index (χ0n) is 9.87. The fourth-order valence-corrected chi connectivity index (χ4v) is 1.78. The molecule has 2 N–H and O–H groups in total. The van der Waals surface area contributed by atoms with Crippen molar-refractivity contribution < 1.29 is 0 Å². The van der Waals surface area contributed by atoms with Crippen LogP contribution in [0.4, 0.5) is 0 Å². The SMILES string of the molecule is CCCN(CC)Cc1cccc(CN)c1. The standard InChI is InChI=1S/C13H22N2/c1-3-8-15(4-2)11-13-7-5-6-12(9-13)10-14/h5-7,9H,3-4,8,10-11,14H2,1-2H3. The van der Waals surface area contributed by atoms with Crippen LogP contribution in [-0.2, 0) is 13.1 Å². The Morgan fingerprint density at radius 2 is 1.93 bits per heavy atom. The second kappa shape index (κ2) is 6.59. The number of benzene rings is 1. The molecule has 0 atom stereocenters. The molecule has 0 radical (unpaired) electrons. The Morgan fingerprint density at radius 1 is 1.20 bits per heavy atom. The van der Waals surface area contributed by atoms with E-state index >= 15 is 0 Å². The molecule has 2 nitrogen and oxygen atoms in total. The minimum atomic E-state index is 0.633. The van der Waals surface area contributed by atoms with Crippen molar-refractivity contribution in [3.63, 3.8) is 0 Å². The molecule has 84 valence electrons. The van der Waals surface area contributed by atoms with Crippen molar-refractivity contribution in [2.45, 2.75) is 33.4 Å². The Morgan fingerprint density at radius 3 is 2.53 bits per heavy atom. The van der Waals surface area contributed by atoms with Gasteiger partial charge in [0.15, 0.2) is 0 Å². The third-order valence-electron chi connectivity index (χ3n) is 2.62. The first-order valence-corrected chi connectivity index (χ1v) is 5.80. The first kappa shape index (κ1) is 12.2. The lowest BCUT2D eigenvalue weighted by Crippen LogP contribution is -2.23. The molecule has 0 saturated carbocycles. The van der Waals surface area contributed by atoms with E-state index in [4.69, 9.17) is 5.73 Å². The number of hydrogen-bond donors (Lipinski definition) is 1. The van der Waals surface area contributed by atoms with Crippen molar-refractivity contribution in [2.24, 2.45) is 5.73 Å². The summed E-state index contributed by atoms with van der Waals surface area (Å²) in [5.41, 5.74) is 8.22. The Labute approximate surface area is 93.1 Å². The van der Waals surface area contributed by atoms with Gasteiger partial charge in [0, 0.05) is 13.1 Å². The van der Waals surface area contributed by atoms with Crippen molar-refractivity contribution in [3.05, 3.63) is 35.4 Å². The Balaban J connectivity index is 2.61. The third kappa shape index (κ3) is 4.02. The maximum atomic E-state index is 5.63. The Hall–Kier alpha value is -0.860. The molecule has 1 aromatic rings. The van der Waals surface area contributed by atoms with Crippen LogP contribution >= 0.6 is 0 Å². The fraction of sp³-hybridized carbons (Fsp3) is 0.538. The molecule has 0 fully saturated rings. The van der Waals surface area contributed by atoms with Crippen LogP contribution in [-0.4, -0.2) is 18.0 Å².